The average molecular weight is 489 g/mol. The number of hydrogen-bond donors (Lipinski definition) is 1. The van der Waals surface area contributed by atoms with Crippen LogP contribution in [0.2, 0.25) is 0 Å². The fourth-order valence-corrected chi connectivity index (χ4v) is 5.14. The number of nitrogens with one attached hydrogen (secondary N) is 1. The Balaban J connectivity index is 1.45. The first kappa shape index (κ1) is 24.3. The Morgan fingerprint density at radius 3 is 2.30 bits per heavy atom. The quantitative estimate of drug-likeness (QED) is 0.437. The third kappa shape index (κ3) is 6.56. The Bertz CT molecular complexity index is 1170. The minimum Gasteiger partial charge on any atom is -0.482 e. The van der Waals surface area contributed by atoms with Crippen molar-refractivity contribution in [2.24, 2.45) is 0 Å². The second-order valence-corrected chi connectivity index (χ2v) is 10.1. The summed E-state index contributed by atoms with van der Waals surface area (Å²) in [7, 11) is -2.17. The topological polar surface area (TPSA) is 102 Å². The lowest BCUT2D eigenvalue weighted by Crippen LogP contribution is -2.25. The molecule has 33 heavy (non-hydrogen) atoms. The molecule has 0 aliphatic rings. The van der Waals surface area contributed by atoms with Gasteiger partial charge in [0.1, 0.15) is 9.96 Å². The molecule has 1 N–H and O–H groups in total. The molecular formula is C23H24N2O6S2. The predicted molar refractivity (Wildman–Crippen MR) is 127 cm³/mol. The minimum atomic E-state index is -3.63. The summed E-state index contributed by atoms with van der Waals surface area (Å²) in [6, 6.07) is 16.9. The molecule has 174 valence electrons. The van der Waals surface area contributed by atoms with Crippen LogP contribution in [-0.2, 0) is 30.8 Å². The van der Waals surface area contributed by atoms with Gasteiger partial charge in [-0.1, -0.05) is 25.1 Å². The van der Waals surface area contributed by atoms with Gasteiger partial charge in [0.25, 0.3) is 15.9 Å². The molecule has 0 aliphatic carbocycles. The molecular weight excluding hydrogens is 464 g/mol. The smallest absolute Gasteiger partial charge is 0.344 e. The molecule has 0 atom stereocenters. The van der Waals surface area contributed by atoms with Gasteiger partial charge in [0.2, 0.25) is 0 Å². The molecule has 1 amide bonds. The molecule has 0 aliphatic heterocycles. The van der Waals surface area contributed by atoms with Gasteiger partial charge in [-0.3, -0.25) is 9.10 Å². The second kappa shape index (κ2) is 11.0. The minimum absolute atomic E-state index is 0.245. The third-order valence-electron chi connectivity index (χ3n) is 4.68. The van der Waals surface area contributed by atoms with Crippen LogP contribution in [0.25, 0.3) is 0 Å². The van der Waals surface area contributed by atoms with Gasteiger partial charge in [0.05, 0.1) is 5.69 Å². The number of nitrogens with zero attached hydrogens (tertiary/aromatic N) is 1. The molecule has 0 saturated heterocycles. The first-order valence-electron chi connectivity index (χ1n) is 10.1. The Labute approximate surface area is 196 Å². The van der Waals surface area contributed by atoms with Gasteiger partial charge in [-0.2, -0.15) is 0 Å². The summed E-state index contributed by atoms with van der Waals surface area (Å²) in [5.74, 6) is -0.794. The molecule has 0 saturated carbocycles. The van der Waals surface area contributed by atoms with Gasteiger partial charge >= 0.3 is 5.97 Å². The zero-order valence-electron chi connectivity index (χ0n) is 18.2. The van der Waals surface area contributed by atoms with Crippen LogP contribution in [0.15, 0.2) is 70.3 Å². The van der Waals surface area contributed by atoms with Gasteiger partial charge in [-0.25, -0.2) is 13.2 Å². The van der Waals surface area contributed by atoms with E-state index in [0.717, 1.165) is 23.3 Å². The monoisotopic (exact) mass is 488 g/mol. The van der Waals surface area contributed by atoms with Crippen LogP contribution in [0.4, 0.5) is 11.4 Å². The van der Waals surface area contributed by atoms with Crippen molar-refractivity contribution in [1.82, 2.24) is 0 Å². The normalized spacial score (nSPS) is 11.0. The highest BCUT2D eigenvalue weighted by atomic mass is 32.2. The molecule has 1 aromatic heterocycles. The average Bonchev–Trinajstić information content (AvgIpc) is 3.38. The van der Waals surface area contributed by atoms with Crippen molar-refractivity contribution in [1.29, 1.82) is 0 Å². The van der Waals surface area contributed by atoms with Crippen LogP contribution < -0.4 is 14.4 Å². The number of ether oxygens (including phenoxy) is 2. The second-order valence-electron chi connectivity index (χ2n) is 6.95. The lowest BCUT2D eigenvalue weighted by Gasteiger charge is -2.18. The van der Waals surface area contributed by atoms with E-state index in [9.17, 15) is 18.0 Å². The maximum atomic E-state index is 12.6. The first-order valence-corrected chi connectivity index (χ1v) is 12.4. The summed E-state index contributed by atoms with van der Waals surface area (Å²) in [4.78, 5) is 23.8. The number of carbonyl (C=O) groups is 2. The summed E-state index contributed by atoms with van der Waals surface area (Å²) in [6.45, 7) is 1.22. The highest BCUT2D eigenvalue weighted by molar-refractivity contribution is 7.94. The standard InChI is InChI=1S/C23H24N2O6S2/c1-3-17-6-8-18(9-7-17)24-21(26)15-31-22(27)16-30-20-12-10-19(11-13-20)25(2)33(28,29)23-5-4-14-32-23/h4-14H,3,15-16H2,1-2H3,(H,24,26). The van der Waals surface area contributed by atoms with Crippen molar-refractivity contribution >= 4 is 44.6 Å². The van der Waals surface area contributed by atoms with E-state index in [1.54, 1.807) is 53.9 Å². The fraction of sp³-hybridized carbons (Fsp3) is 0.217. The summed E-state index contributed by atoms with van der Waals surface area (Å²) < 4.78 is 36.9. The molecule has 1 heterocycles. The highest BCUT2D eigenvalue weighted by Crippen LogP contribution is 2.26. The van der Waals surface area contributed by atoms with Crippen molar-refractivity contribution in [3.05, 3.63) is 71.6 Å². The number of hydrogen-bond acceptors (Lipinski definition) is 7. The number of aryl methyl sites for hydroxylation is 1. The SMILES string of the molecule is CCc1ccc(NC(=O)COC(=O)COc2ccc(N(C)S(=O)(=O)c3cccs3)cc2)cc1. The van der Waals surface area contributed by atoms with E-state index in [4.69, 9.17) is 9.47 Å². The molecule has 8 nitrogen and oxygen atoms in total. The third-order valence-corrected chi connectivity index (χ3v) is 7.84. The van der Waals surface area contributed by atoms with E-state index in [0.29, 0.717) is 17.1 Å². The molecule has 0 fully saturated rings. The number of amides is 1. The van der Waals surface area contributed by atoms with Crippen LogP contribution in [0.1, 0.15) is 12.5 Å². The molecule has 2 aromatic carbocycles. The maximum Gasteiger partial charge on any atom is 0.344 e. The van der Waals surface area contributed by atoms with E-state index in [2.05, 4.69) is 5.32 Å². The van der Waals surface area contributed by atoms with Crippen molar-refractivity contribution in [2.45, 2.75) is 17.6 Å². The number of sulfonamides is 1. The number of benzene rings is 2. The number of thiophene rings is 1. The summed E-state index contributed by atoms with van der Waals surface area (Å²) in [5, 5.41) is 4.35. The molecule has 0 radical (unpaired) electrons. The fourth-order valence-electron chi connectivity index (χ4n) is 2.79. The van der Waals surface area contributed by atoms with E-state index >= 15 is 0 Å². The van der Waals surface area contributed by atoms with Crippen molar-refractivity contribution in [2.75, 3.05) is 29.9 Å². The number of anilines is 2. The van der Waals surface area contributed by atoms with Gasteiger partial charge in [-0.05, 0) is 59.8 Å². The molecule has 10 heteroatoms. The van der Waals surface area contributed by atoms with E-state index in [-0.39, 0.29) is 10.8 Å². The largest absolute Gasteiger partial charge is 0.482 e. The van der Waals surface area contributed by atoms with Gasteiger partial charge < -0.3 is 14.8 Å². The van der Waals surface area contributed by atoms with E-state index < -0.39 is 28.5 Å². The molecule has 0 spiro atoms. The zero-order valence-corrected chi connectivity index (χ0v) is 19.8. The maximum absolute atomic E-state index is 12.6. The van der Waals surface area contributed by atoms with Crippen LogP contribution in [0.5, 0.6) is 5.75 Å². The lowest BCUT2D eigenvalue weighted by molar-refractivity contribution is -0.149. The van der Waals surface area contributed by atoms with Crippen LogP contribution in [0, 0.1) is 0 Å². The van der Waals surface area contributed by atoms with Crippen molar-refractivity contribution in [3.63, 3.8) is 0 Å². The van der Waals surface area contributed by atoms with Gasteiger partial charge in [0, 0.05) is 12.7 Å². The Kier molecular flexibility index (Phi) is 8.07. The van der Waals surface area contributed by atoms with Crippen LogP contribution in [0.3, 0.4) is 0 Å². The Morgan fingerprint density at radius 1 is 1.00 bits per heavy atom. The number of rotatable bonds is 10. The zero-order chi connectivity index (χ0) is 23.8. The van der Waals surface area contributed by atoms with Crippen LogP contribution >= 0.6 is 11.3 Å². The van der Waals surface area contributed by atoms with E-state index in [1.807, 2.05) is 19.1 Å². The van der Waals surface area contributed by atoms with Crippen LogP contribution in [-0.4, -0.2) is 40.6 Å². The number of carbonyl (C=O) groups excluding carboxylic acids is 2. The Morgan fingerprint density at radius 2 is 1.70 bits per heavy atom. The summed E-state index contributed by atoms with van der Waals surface area (Å²) in [6.07, 6.45) is 0.902. The highest BCUT2D eigenvalue weighted by Gasteiger charge is 2.22. The summed E-state index contributed by atoms with van der Waals surface area (Å²) in [5.41, 5.74) is 2.22. The summed E-state index contributed by atoms with van der Waals surface area (Å²) >= 11 is 1.14. The van der Waals surface area contributed by atoms with Crippen molar-refractivity contribution in [3.8, 4) is 5.75 Å². The van der Waals surface area contributed by atoms with Crippen molar-refractivity contribution < 1.29 is 27.5 Å². The molecule has 3 rings (SSSR count). The van der Waals surface area contributed by atoms with E-state index in [1.165, 1.54) is 11.4 Å². The number of esters is 1. The lowest BCUT2D eigenvalue weighted by atomic mass is 10.1. The molecule has 3 aromatic rings. The van der Waals surface area contributed by atoms with Gasteiger partial charge in [0.15, 0.2) is 13.2 Å². The Hall–Kier alpha value is -3.37. The first-order chi connectivity index (χ1) is 15.8. The predicted octanol–water partition coefficient (Wildman–Crippen LogP) is 3.70. The molecule has 0 bridgehead atoms. The molecule has 0 unspecified atom stereocenters. The van der Waals surface area contributed by atoms with Gasteiger partial charge in [-0.15, -0.1) is 11.3 Å².